The molecule has 1 atom stereocenters. The van der Waals surface area contributed by atoms with Gasteiger partial charge in [-0.1, -0.05) is 24.3 Å². The van der Waals surface area contributed by atoms with Crippen LogP contribution in [0.15, 0.2) is 60.8 Å². The first-order valence-electron chi connectivity index (χ1n) is 11.9. The zero-order chi connectivity index (χ0) is 24.8. The van der Waals surface area contributed by atoms with E-state index >= 15 is 0 Å². The number of carbonyl (C=O) groups is 3. The van der Waals surface area contributed by atoms with Gasteiger partial charge in [0.2, 0.25) is 17.7 Å². The van der Waals surface area contributed by atoms with Gasteiger partial charge in [-0.3, -0.25) is 24.3 Å². The van der Waals surface area contributed by atoms with Crippen molar-refractivity contribution in [2.24, 2.45) is 5.92 Å². The van der Waals surface area contributed by atoms with Crippen molar-refractivity contribution in [3.63, 3.8) is 0 Å². The summed E-state index contributed by atoms with van der Waals surface area (Å²) in [6, 6.07) is 17.2. The minimum Gasteiger partial charge on any atom is -0.341 e. The molecule has 3 amide bonds. The molecule has 2 aromatic carbocycles. The summed E-state index contributed by atoms with van der Waals surface area (Å²) in [5.74, 6) is -0.0223. The molecule has 1 fully saturated rings. The number of aromatic nitrogens is 1. The van der Waals surface area contributed by atoms with Gasteiger partial charge in [-0.05, 0) is 48.2 Å². The molecule has 0 spiro atoms. The molecule has 0 radical (unpaired) electrons. The van der Waals surface area contributed by atoms with E-state index in [9.17, 15) is 14.4 Å². The highest BCUT2D eigenvalue weighted by Crippen LogP contribution is 2.22. The maximum absolute atomic E-state index is 12.8. The number of carbonyl (C=O) groups excluding carboxylic acids is 3. The Morgan fingerprint density at radius 2 is 1.63 bits per heavy atom. The molecule has 0 bridgehead atoms. The SMILES string of the molecule is CC(=O)Nc1ccc(NC(=O)CN2CCN(C(C)=O)C[C@H](Cc3cccc4cccnc34)C2)cc1. The fourth-order valence-corrected chi connectivity index (χ4v) is 4.62. The molecule has 8 nitrogen and oxygen atoms in total. The fourth-order valence-electron chi connectivity index (χ4n) is 4.62. The predicted molar refractivity (Wildman–Crippen MR) is 137 cm³/mol. The van der Waals surface area contributed by atoms with Crippen LogP contribution in [0, 0.1) is 5.92 Å². The van der Waals surface area contributed by atoms with E-state index in [0.717, 1.165) is 22.9 Å². The lowest BCUT2D eigenvalue weighted by Crippen LogP contribution is -2.37. The molecular formula is C27H31N5O3. The monoisotopic (exact) mass is 473 g/mol. The minimum atomic E-state index is -0.142. The predicted octanol–water partition coefficient (Wildman–Crippen LogP) is 3.15. The van der Waals surface area contributed by atoms with Gasteiger partial charge in [0.25, 0.3) is 0 Å². The van der Waals surface area contributed by atoms with Crippen molar-refractivity contribution in [3.05, 3.63) is 66.4 Å². The molecule has 0 aliphatic carbocycles. The summed E-state index contributed by atoms with van der Waals surface area (Å²) >= 11 is 0. The number of pyridine rings is 1. The van der Waals surface area contributed by atoms with Crippen LogP contribution in [0.2, 0.25) is 0 Å². The highest BCUT2D eigenvalue weighted by Gasteiger charge is 2.26. The largest absolute Gasteiger partial charge is 0.341 e. The number of fused-ring (bicyclic) bond motifs is 1. The van der Waals surface area contributed by atoms with Crippen LogP contribution in [-0.4, -0.2) is 65.2 Å². The number of nitrogens with one attached hydrogen (secondary N) is 2. The Balaban J connectivity index is 1.43. The van der Waals surface area contributed by atoms with E-state index in [1.54, 1.807) is 37.4 Å². The zero-order valence-electron chi connectivity index (χ0n) is 20.2. The van der Waals surface area contributed by atoms with E-state index in [1.807, 2.05) is 17.0 Å². The number of amides is 3. The van der Waals surface area contributed by atoms with Gasteiger partial charge in [0.05, 0.1) is 12.1 Å². The van der Waals surface area contributed by atoms with Crippen molar-refractivity contribution < 1.29 is 14.4 Å². The average Bonchev–Trinajstić information content (AvgIpc) is 3.02. The van der Waals surface area contributed by atoms with Gasteiger partial charge in [0.1, 0.15) is 0 Å². The summed E-state index contributed by atoms with van der Waals surface area (Å²) in [4.78, 5) is 44.8. The topological polar surface area (TPSA) is 94.6 Å². The molecule has 1 aromatic heterocycles. The van der Waals surface area contributed by atoms with Crippen molar-refractivity contribution in [2.45, 2.75) is 20.3 Å². The maximum atomic E-state index is 12.8. The van der Waals surface area contributed by atoms with Crippen LogP contribution in [0.1, 0.15) is 19.4 Å². The summed E-state index contributed by atoms with van der Waals surface area (Å²) in [7, 11) is 0. The van der Waals surface area contributed by atoms with Crippen LogP contribution in [0.3, 0.4) is 0 Å². The number of rotatable bonds is 6. The molecule has 1 aliphatic rings. The maximum Gasteiger partial charge on any atom is 0.238 e. The Morgan fingerprint density at radius 1 is 0.914 bits per heavy atom. The lowest BCUT2D eigenvalue weighted by molar-refractivity contribution is -0.129. The van der Waals surface area contributed by atoms with Crippen LogP contribution in [0.5, 0.6) is 0 Å². The van der Waals surface area contributed by atoms with Gasteiger partial charge in [-0.2, -0.15) is 0 Å². The van der Waals surface area contributed by atoms with Gasteiger partial charge < -0.3 is 15.5 Å². The molecule has 1 aliphatic heterocycles. The second-order valence-corrected chi connectivity index (χ2v) is 9.07. The molecule has 2 heterocycles. The first-order chi connectivity index (χ1) is 16.9. The Labute approximate surface area is 205 Å². The van der Waals surface area contributed by atoms with Crippen LogP contribution >= 0.6 is 0 Å². The molecule has 4 rings (SSSR count). The van der Waals surface area contributed by atoms with Crippen molar-refractivity contribution in [2.75, 3.05) is 43.4 Å². The molecular weight excluding hydrogens is 442 g/mol. The van der Waals surface area contributed by atoms with E-state index in [-0.39, 0.29) is 30.2 Å². The van der Waals surface area contributed by atoms with Gasteiger partial charge in [-0.25, -0.2) is 0 Å². The fraction of sp³-hybridized carbons (Fsp3) is 0.333. The Morgan fingerprint density at radius 3 is 2.34 bits per heavy atom. The molecule has 8 heteroatoms. The lowest BCUT2D eigenvalue weighted by Gasteiger charge is -2.24. The Bertz CT molecular complexity index is 1210. The second kappa shape index (κ2) is 11.1. The van der Waals surface area contributed by atoms with Crippen molar-refractivity contribution in [1.82, 2.24) is 14.8 Å². The molecule has 0 unspecified atom stereocenters. The van der Waals surface area contributed by atoms with Crippen molar-refractivity contribution in [3.8, 4) is 0 Å². The number of benzene rings is 2. The smallest absolute Gasteiger partial charge is 0.238 e. The highest BCUT2D eigenvalue weighted by molar-refractivity contribution is 5.93. The molecule has 182 valence electrons. The summed E-state index contributed by atoms with van der Waals surface area (Å²) in [6.45, 7) is 5.89. The number of hydrogen-bond donors (Lipinski definition) is 2. The van der Waals surface area contributed by atoms with Crippen LogP contribution < -0.4 is 10.6 Å². The lowest BCUT2D eigenvalue weighted by atomic mass is 9.96. The second-order valence-electron chi connectivity index (χ2n) is 9.07. The number of nitrogens with zero attached hydrogens (tertiary/aromatic N) is 3. The molecule has 35 heavy (non-hydrogen) atoms. The number of hydrogen-bond acceptors (Lipinski definition) is 5. The molecule has 0 saturated carbocycles. The molecule has 3 aromatic rings. The van der Waals surface area contributed by atoms with Crippen molar-refractivity contribution in [1.29, 1.82) is 0 Å². The molecule has 2 N–H and O–H groups in total. The van der Waals surface area contributed by atoms with Gasteiger partial charge >= 0.3 is 0 Å². The van der Waals surface area contributed by atoms with Gasteiger partial charge in [0, 0.05) is 63.0 Å². The van der Waals surface area contributed by atoms with E-state index in [2.05, 4.69) is 38.7 Å². The van der Waals surface area contributed by atoms with Gasteiger partial charge in [0.15, 0.2) is 0 Å². The standard InChI is InChI=1S/C27H31N5O3/c1-19(33)29-24-8-10-25(11-9-24)30-26(35)18-31-13-14-32(20(2)34)17-21(16-31)15-23-6-3-5-22-7-4-12-28-27(22)23/h3-12,21H,13-18H2,1-2H3,(H,29,33)(H,30,35)/t21-/m1/s1. The number of anilines is 2. The normalized spacial score (nSPS) is 16.5. The zero-order valence-corrected chi connectivity index (χ0v) is 20.2. The summed E-state index contributed by atoms with van der Waals surface area (Å²) in [5.41, 5.74) is 3.49. The summed E-state index contributed by atoms with van der Waals surface area (Å²) in [5, 5.41) is 6.74. The Hall–Kier alpha value is -3.78. The highest BCUT2D eigenvalue weighted by atomic mass is 16.2. The van der Waals surface area contributed by atoms with E-state index in [4.69, 9.17) is 0 Å². The summed E-state index contributed by atoms with van der Waals surface area (Å²) in [6.07, 6.45) is 2.58. The Kier molecular flexibility index (Phi) is 7.72. The van der Waals surface area contributed by atoms with E-state index in [1.165, 1.54) is 6.92 Å². The van der Waals surface area contributed by atoms with E-state index < -0.39 is 0 Å². The van der Waals surface area contributed by atoms with E-state index in [0.29, 0.717) is 37.6 Å². The molecule has 1 saturated heterocycles. The third-order valence-electron chi connectivity index (χ3n) is 6.21. The quantitative estimate of drug-likeness (QED) is 0.574. The van der Waals surface area contributed by atoms with Crippen molar-refractivity contribution >= 4 is 40.0 Å². The average molecular weight is 474 g/mol. The number of para-hydroxylation sites is 1. The third-order valence-corrected chi connectivity index (χ3v) is 6.21. The van der Waals surface area contributed by atoms with Crippen LogP contribution in [-0.2, 0) is 20.8 Å². The first kappa shape index (κ1) is 24.3. The first-order valence-corrected chi connectivity index (χ1v) is 11.9. The third kappa shape index (κ3) is 6.64. The van der Waals surface area contributed by atoms with Gasteiger partial charge in [-0.15, -0.1) is 0 Å². The summed E-state index contributed by atoms with van der Waals surface area (Å²) < 4.78 is 0. The van der Waals surface area contributed by atoms with Crippen LogP contribution in [0.4, 0.5) is 11.4 Å². The minimum absolute atomic E-state index is 0.0524. The van der Waals surface area contributed by atoms with Crippen LogP contribution in [0.25, 0.3) is 10.9 Å².